The van der Waals surface area contributed by atoms with Crippen molar-refractivity contribution < 1.29 is 0 Å². The molecule has 2 aliphatic rings. The van der Waals surface area contributed by atoms with Crippen molar-refractivity contribution in [3.63, 3.8) is 0 Å². The summed E-state index contributed by atoms with van der Waals surface area (Å²) in [5.74, 6) is 0. The lowest BCUT2D eigenvalue weighted by Crippen LogP contribution is -2.56. The van der Waals surface area contributed by atoms with E-state index in [1.165, 1.54) is 38.3 Å². The standard InChI is InChI=1S/C15H23N3/c1-3-7-17-9-6-15(11-17)12-18(13-15)10-14-5-4-8-16(14)2/h3-5,8H,1,6-7,9-13H2,2H3. The molecule has 1 aromatic heterocycles. The summed E-state index contributed by atoms with van der Waals surface area (Å²) in [4.78, 5) is 5.11. The lowest BCUT2D eigenvalue weighted by Gasteiger charge is -2.48. The molecule has 18 heavy (non-hydrogen) atoms. The van der Waals surface area contributed by atoms with Crippen molar-refractivity contribution in [2.24, 2.45) is 12.5 Å². The molecule has 0 radical (unpaired) electrons. The van der Waals surface area contributed by atoms with Crippen molar-refractivity contribution in [2.75, 3.05) is 32.7 Å². The number of hydrogen-bond donors (Lipinski definition) is 0. The molecule has 1 aromatic rings. The zero-order valence-corrected chi connectivity index (χ0v) is 11.3. The van der Waals surface area contributed by atoms with Gasteiger partial charge in [-0.15, -0.1) is 6.58 Å². The molecule has 3 rings (SSSR count). The molecule has 2 fully saturated rings. The molecule has 0 aliphatic carbocycles. The van der Waals surface area contributed by atoms with Crippen LogP contribution in [0.25, 0.3) is 0 Å². The molecule has 0 saturated carbocycles. The van der Waals surface area contributed by atoms with Gasteiger partial charge in [-0.3, -0.25) is 9.80 Å². The summed E-state index contributed by atoms with van der Waals surface area (Å²) in [5, 5.41) is 0. The third-order valence-electron chi connectivity index (χ3n) is 4.46. The van der Waals surface area contributed by atoms with Gasteiger partial charge in [0.1, 0.15) is 0 Å². The van der Waals surface area contributed by atoms with Crippen molar-refractivity contribution in [1.82, 2.24) is 14.4 Å². The molecule has 3 nitrogen and oxygen atoms in total. The Morgan fingerprint density at radius 3 is 2.78 bits per heavy atom. The van der Waals surface area contributed by atoms with Gasteiger partial charge >= 0.3 is 0 Å². The Hall–Kier alpha value is -1.06. The van der Waals surface area contributed by atoms with Crippen LogP contribution in [-0.4, -0.2) is 47.1 Å². The fourth-order valence-electron chi connectivity index (χ4n) is 3.53. The SMILES string of the molecule is C=CCN1CCC2(C1)CN(Cc1cccn1C)C2. The summed E-state index contributed by atoms with van der Waals surface area (Å²) in [6, 6.07) is 4.36. The highest BCUT2D eigenvalue weighted by atomic mass is 15.3. The molecule has 0 N–H and O–H groups in total. The van der Waals surface area contributed by atoms with Gasteiger partial charge in [0.25, 0.3) is 0 Å². The topological polar surface area (TPSA) is 11.4 Å². The molecule has 3 heteroatoms. The van der Waals surface area contributed by atoms with Crippen LogP contribution in [0, 0.1) is 5.41 Å². The second-order valence-corrected chi connectivity index (χ2v) is 6.03. The zero-order valence-electron chi connectivity index (χ0n) is 11.3. The highest BCUT2D eigenvalue weighted by Gasteiger charge is 2.46. The van der Waals surface area contributed by atoms with Crippen molar-refractivity contribution in [1.29, 1.82) is 0 Å². The van der Waals surface area contributed by atoms with E-state index in [2.05, 4.69) is 46.3 Å². The Balaban J connectivity index is 1.51. The molecule has 0 unspecified atom stereocenters. The minimum Gasteiger partial charge on any atom is -0.353 e. The van der Waals surface area contributed by atoms with Crippen molar-refractivity contribution in [3.8, 4) is 0 Å². The predicted molar refractivity (Wildman–Crippen MR) is 74.4 cm³/mol. The van der Waals surface area contributed by atoms with Crippen LogP contribution in [0.2, 0.25) is 0 Å². The largest absolute Gasteiger partial charge is 0.353 e. The summed E-state index contributed by atoms with van der Waals surface area (Å²) in [5.41, 5.74) is 2.01. The van der Waals surface area contributed by atoms with Crippen molar-refractivity contribution in [3.05, 3.63) is 36.7 Å². The lowest BCUT2D eigenvalue weighted by molar-refractivity contribution is 0.00149. The van der Waals surface area contributed by atoms with E-state index in [4.69, 9.17) is 0 Å². The van der Waals surface area contributed by atoms with Gasteiger partial charge in [0, 0.05) is 57.1 Å². The van der Waals surface area contributed by atoms with Gasteiger partial charge < -0.3 is 4.57 Å². The molecular formula is C15H23N3. The Bertz CT molecular complexity index is 429. The maximum absolute atomic E-state index is 3.84. The van der Waals surface area contributed by atoms with Crippen LogP contribution < -0.4 is 0 Å². The number of nitrogens with zero attached hydrogens (tertiary/aromatic N) is 3. The highest BCUT2D eigenvalue weighted by molar-refractivity contribution is 5.09. The first-order chi connectivity index (χ1) is 8.71. The third kappa shape index (κ3) is 2.13. The summed E-state index contributed by atoms with van der Waals surface area (Å²) in [6.45, 7) is 11.1. The normalized spacial score (nSPS) is 23.4. The molecule has 0 bridgehead atoms. The fourth-order valence-corrected chi connectivity index (χ4v) is 3.53. The van der Waals surface area contributed by atoms with Gasteiger partial charge in [-0.05, 0) is 25.1 Å². The van der Waals surface area contributed by atoms with E-state index < -0.39 is 0 Å². The average Bonchev–Trinajstić information content (AvgIpc) is 2.87. The first-order valence-corrected chi connectivity index (χ1v) is 6.87. The monoisotopic (exact) mass is 245 g/mol. The van der Waals surface area contributed by atoms with E-state index in [9.17, 15) is 0 Å². The smallest absolute Gasteiger partial charge is 0.0387 e. The predicted octanol–water partition coefficient (Wildman–Crippen LogP) is 1.72. The Labute approximate surface area is 110 Å². The van der Waals surface area contributed by atoms with Gasteiger partial charge in [-0.1, -0.05) is 6.08 Å². The molecule has 98 valence electrons. The summed E-state index contributed by atoms with van der Waals surface area (Å²) < 4.78 is 2.23. The quantitative estimate of drug-likeness (QED) is 0.748. The second-order valence-electron chi connectivity index (χ2n) is 6.03. The minimum absolute atomic E-state index is 0.591. The molecule has 3 heterocycles. The maximum Gasteiger partial charge on any atom is 0.0387 e. The molecule has 2 saturated heterocycles. The average molecular weight is 245 g/mol. The van der Waals surface area contributed by atoms with Gasteiger partial charge in [0.15, 0.2) is 0 Å². The summed E-state index contributed by atoms with van der Waals surface area (Å²) in [7, 11) is 2.13. The molecule has 0 aromatic carbocycles. The van der Waals surface area contributed by atoms with Crippen LogP contribution in [-0.2, 0) is 13.6 Å². The van der Waals surface area contributed by atoms with Gasteiger partial charge in [-0.25, -0.2) is 0 Å². The van der Waals surface area contributed by atoms with Crippen LogP contribution in [0.4, 0.5) is 0 Å². The van der Waals surface area contributed by atoms with E-state index in [1.54, 1.807) is 0 Å². The van der Waals surface area contributed by atoms with Gasteiger partial charge in [0.05, 0.1) is 0 Å². The Morgan fingerprint density at radius 2 is 2.11 bits per heavy atom. The molecule has 0 amide bonds. The number of rotatable bonds is 4. The van der Waals surface area contributed by atoms with Gasteiger partial charge in [-0.2, -0.15) is 0 Å². The van der Waals surface area contributed by atoms with Crippen LogP contribution in [0.3, 0.4) is 0 Å². The fraction of sp³-hybridized carbons (Fsp3) is 0.600. The van der Waals surface area contributed by atoms with E-state index in [0.717, 1.165) is 13.1 Å². The van der Waals surface area contributed by atoms with E-state index in [-0.39, 0.29) is 0 Å². The number of aryl methyl sites for hydroxylation is 1. The zero-order chi connectivity index (χ0) is 12.6. The number of aromatic nitrogens is 1. The summed E-state index contributed by atoms with van der Waals surface area (Å²) >= 11 is 0. The second kappa shape index (κ2) is 4.56. The molecular weight excluding hydrogens is 222 g/mol. The van der Waals surface area contributed by atoms with Gasteiger partial charge in [0.2, 0.25) is 0 Å². The van der Waals surface area contributed by atoms with E-state index in [1.807, 2.05) is 6.08 Å². The van der Waals surface area contributed by atoms with Crippen molar-refractivity contribution in [2.45, 2.75) is 13.0 Å². The third-order valence-corrected chi connectivity index (χ3v) is 4.46. The van der Waals surface area contributed by atoms with E-state index in [0.29, 0.717) is 5.41 Å². The van der Waals surface area contributed by atoms with E-state index >= 15 is 0 Å². The summed E-state index contributed by atoms with van der Waals surface area (Å²) in [6.07, 6.45) is 5.52. The molecule has 2 aliphatic heterocycles. The lowest BCUT2D eigenvalue weighted by atomic mass is 9.79. The first-order valence-electron chi connectivity index (χ1n) is 6.87. The van der Waals surface area contributed by atoms with Crippen LogP contribution in [0.1, 0.15) is 12.1 Å². The Morgan fingerprint density at radius 1 is 1.33 bits per heavy atom. The molecule has 0 atom stereocenters. The van der Waals surface area contributed by atoms with Crippen LogP contribution in [0.15, 0.2) is 31.0 Å². The Kier molecular flexibility index (Phi) is 3.04. The number of likely N-dealkylation sites (tertiary alicyclic amines) is 2. The number of hydrogen-bond acceptors (Lipinski definition) is 2. The molecule has 1 spiro atoms. The van der Waals surface area contributed by atoms with Crippen LogP contribution in [0.5, 0.6) is 0 Å². The van der Waals surface area contributed by atoms with Crippen molar-refractivity contribution >= 4 is 0 Å². The first kappa shape index (κ1) is 12.0. The van der Waals surface area contributed by atoms with Crippen LogP contribution >= 0.6 is 0 Å². The highest BCUT2D eigenvalue weighted by Crippen LogP contribution is 2.39. The maximum atomic E-state index is 3.84. The minimum atomic E-state index is 0.591.